The highest BCUT2D eigenvalue weighted by atomic mass is 15.2. The van der Waals surface area contributed by atoms with Crippen LogP contribution in [0.2, 0.25) is 0 Å². The largest absolute Gasteiger partial charge is 0.347 e. The van der Waals surface area contributed by atoms with Gasteiger partial charge in [0.1, 0.15) is 5.82 Å². The highest BCUT2D eigenvalue weighted by Gasteiger charge is 2.37. The first kappa shape index (κ1) is 11.2. The van der Waals surface area contributed by atoms with Crippen molar-refractivity contribution in [3.05, 3.63) is 18.2 Å². The lowest BCUT2D eigenvalue weighted by atomic mass is 10.0. The van der Waals surface area contributed by atoms with Crippen LogP contribution in [0.15, 0.2) is 12.4 Å². The number of fused-ring (bicyclic) bond motifs is 1. The van der Waals surface area contributed by atoms with E-state index in [9.17, 15) is 0 Å². The van der Waals surface area contributed by atoms with E-state index < -0.39 is 0 Å². The molecule has 0 aliphatic carbocycles. The maximum Gasteiger partial charge on any atom is 0.123 e. The van der Waals surface area contributed by atoms with Crippen LogP contribution in [0.3, 0.4) is 0 Å². The second-order valence-corrected chi connectivity index (χ2v) is 5.24. The lowest BCUT2D eigenvalue weighted by Crippen LogP contribution is -2.41. The fraction of sp³-hybridized carbons (Fsp3) is 0.769. The maximum atomic E-state index is 4.38. The average Bonchev–Trinajstić information content (AvgIpc) is 3.04. The molecule has 3 unspecified atom stereocenters. The van der Waals surface area contributed by atoms with Crippen molar-refractivity contribution >= 4 is 0 Å². The zero-order valence-corrected chi connectivity index (χ0v) is 10.5. The quantitative estimate of drug-likeness (QED) is 0.833. The summed E-state index contributed by atoms with van der Waals surface area (Å²) in [6.45, 7) is 4.80. The predicted molar refractivity (Wildman–Crippen MR) is 67.8 cm³/mol. The highest BCUT2D eigenvalue weighted by molar-refractivity contribution is 5.01. The van der Waals surface area contributed by atoms with Crippen molar-refractivity contribution in [2.24, 2.45) is 0 Å². The molecule has 3 atom stereocenters. The van der Waals surface area contributed by atoms with Crippen LogP contribution in [0.4, 0.5) is 0 Å². The van der Waals surface area contributed by atoms with Gasteiger partial charge in [0.2, 0.25) is 0 Å². The van der Waals surface area contributed by atoms with E-state index in [2.05, 4.69) is 27.1 Å². The summed E-state index contributed by atoms with van der Waals surface area (Å²) in [7, 11) is 0. The molecule has 1 aromatic heterocycles. The molecule has 4 heteroatoms. The number of aromatic amines is 1. The smallest absolute Gasteiger partial charge is 0.123 e. The molecule has 0 amide bonds. The Balaban J connectivity index is 1.65. The Bertz CT molecular complexity index is 348. The first-order chi connectivity index (χ1) is 8.38. The summed E-state index contributed by atoms with van der Waals surface area (Å²) >= 11 is 0. The topological polar surface area (TPSA) is 44.0 Å². The maximum absolute atomic E-state index is 4.38. The first-order valence-corrected chi connectivity index (χ1v) is 6.88. The Kier molecular flexibility index (Phi) is 3.16. The highest BCUT2D eigenvalue weighted by Crippen LogP contribution is 2.29. The number of hydrogen-bond donors (Lipinski definition) is 2. The van der Waals surface area contributed by atoms with Gasteiger partial charge < -0.3 is 10.3 Å². The molecule has 2 aliphatic heterocycles. The Labute approximate surface area is 103 Å². The summed E-state index contributed by atoms with van der Waals surface area (Å²) in [4.78, 5) is 10.3. The molecule has 17 heavy (non-hydrogen) atoms. The van der Waals surface area contributed by atoms with Crippen molar-refractivity contribution in [3.8, 4) is 0 Å². The molecule has 2 aliphatic rings. The third kappa shape index (κ3) is 2.11. The predicted octanol–water partition coefficient (Wildman–Crippen LogP) is 1.69. The van der Waals surface area contributed by atoms with Gasteiger partial charge in [-0.1, -0.05) is 6.92 Å². The van der Waals surface area contributed by atoms with Gasteiger partial charge in [-0.25, -0.2) is 4.98 Å². The number of H-pyrrole nitrogens is 1. The van der Waals surface area contributed by atoms with Gasteiger partial charge in [-0.2, -0.15) is 0 Å². The van der Waals surface area contributed by atoms with E-state index in [1.165, 1.54) is 32.4 Å². The SMILES string of the molecule is CCC(NC1CCN2CCCC12)c1ncc[nH]1. The molecule has 3 heterocycles. The van der Waals surface area contributed by atoms with Crippen LogP contribution < -0.4 is 5.32 Å². The Morgan fingerprint density at radius 1 is 1.53 bits per heavy atom. The summed E-state index contributed by atoms with van der Waals surface area (Å²) < 4.78 is 0. The summed E-state index contributed by atoms with van der Waals surface area (Å²) in [5, 5.41) is 3.80. The van der Waals surface area contributed by atoms with Crippen molar-refractivity contribution in [1.29, 1.82) is 0 Å². The Hall–Kier alpha value is -0.870. The second kappa shape index (κ2) is 4.78. The zero-order chi connectivity index (χ0) is 11.7. The molecule has 94 valence electrons. The Morgan fingerprint density at radius 2 is 2.47 bits per heavy atom. The second-order valence-electron chi connectivity index (χ2n) is 5.24. The minimum Gasteiger partial charge on any atom is -0.347 e. The number of rotatable bonds is 4. The molecule has 0 spiro atoms. The van der Waals surface area contributed by atoms with E-state index >= 15 is 0 Å². The van der Waals surface area contributed by atoms with E-state index in [1.807, 2.05) is 12.4 Å². The van der Waals surface area contributed by atoms with Gasteiger partial charge in [-0.15, -0.1) is 0 Å². The monoisotopic (exact) mass is 234 g/mol. The van der Waals surface area contributed by atoms with E-state index in [-0.39, 0.29) is 0 Å². The van der Waals surface area contributed by atoms with Crippen molar-refractivity contribution < 1.29 is 0 Å². The van der Waals surface area contributed by atoms with Gasteiger partial charge in [0, 0.05) is 31.0 Å². The van der Waals surface area contributed by atoms with Gasteiger partial charge in [0.15, 0.2) is 0 Å². The van der Waals surface area contributed by atoms with Crippen molar-refractivity contribution in [3.63, 3.8) is 0 Å². The Morgan fingerprint density at radius 3 is 3.24 bits per heavy atom. The van der Waals surface area contributed by atoms with Gasteiger partial charge >= 0.3 is 0 Å². The number of imidazole rings is 1. The third-order valence-corrected chi connectivity index (χ3v) is 4.28. The van der Waals surface area contributed by atoms with Crippen LogP contribution in [-0.2, 0) is 0 Å². The summed E-state index contributed by atoms with van der Waals surface area (Å²) in [5.74, 6) is 1.09. The van der Waals surface area contributed by atoms with Crippen molar-refractivity contribution in [1.82, 2.24) is 20.2 Å². The van der Waals surface area contributed by atoms with Crippen LogP contribution in [0.5, 0.6) is 0 Å². The summed E-state index contributed by atoms with van der Waals surface area (Å²) in [6, 6.07) is 1.82. The third-order valence-electron chi connectivity index (χ3n) is 4.28. The molecular weight excluding hydrogens is 212 g/mol. The fourth-order valence-electron chi connectivity index (χ4n) is 3.39. The van der Waals surface area contributed by atoms with Gasteiger partial charge in [-0.3, -0.25) is 4.90 Å². The van der Waals surface area contributed by atoms with E-state index in [0.29, 0.717) is 12.1 Å². The molecule has 2 saturated heterocycles. The minimum absolute atomic E-state index is 0.385. The zero-order valence-electron chi connectivity index (χ0n) is 10.5. The number of hydrogen-bond acceptors (Lipinski definition) is 3. The van der Waals surface area contributed by atoms with E-state index in [4.69, 9.17) is 0 Å². The van der Waals surface area contributed by atoms with Crippen LogP contribution in [0.1, 0.15) is 44.5 Å². The number of aromatic nitrogens is 2. The van der Waals surface area contributed by atoms with Crippen molar-refractivity contribution in [2.75, 3.05) is 13.1 Å². The molecule has 1 aromatic rings. The van der Waals surface area contributed by atoms with Crippen LogP contribution in [0.25, 0.3) is 0 Å². The molecule has 0 radical (unpaired) electrons. The summed E-state index contributed by atoms with van der Waals surface area (Å²) in [5.41, 5.74) is 0. The fourth-order valence-corrected chi connectivity index (χ4v) is 3.39. The molecule has 0 aromatic carbocycles. The molecule has 0 saturated carbocycles. The van der Waals surface area contributed by atoms with Crippen LogP contribution in [-0.4, -0.2) is 40.0 Å². The first-order valence-electron chi connectivity index (χ1n) is 6.88. The standard InChI is InChI=1S/C13H22N4/c1-2-10(13-14-6-7-15-13)16-11-5-9-17-8-3-4-12(11)17/h6-7,10-12,16H,2-5,8-9H2,1H3,(H,14,15). The molecule has 3 rings (SSSR count). The minimum atomic E-state index is 0.385. The normalized spacial score (nSPS) is 30.6. The van der Waals surface area contributed by atoms with Gasteiger partial charge in [-0.05, 0) is 32.2 Å². The van der Waals surface area contributed by atoms with Crippen LogP contribution in [0, 0.1) is 0 Å². The molecule has 2 N–H and O–H groups in total. The van der Waals surface area contributed by atoms with E-state index in [1.54, 1.807) is 0 Å². The van der Waals surface area contributed by atoms with Gasteiger partial charge in [0.05, 0.1) is 6.04 Å². The molecule has 4 nitrogen and oxygen atoms in total. The van der Waals surface area contributed by atoms with Gasteiger partial charge in [0.25, 0.3) is 0 Å². The average molecular weight is 234 g/mol. The van der Waals surface area contributed by atoms with E-state index in [0.717, 1.165) is 18.3 Å². The molecular formula is C13H22N4. The summed E-state index contributed by atoms with van der Waals surface area (Å²) in [6.07, 6.45) is 8.89. The number of nitrogens with one attached hydrogen (secondary N) is 2. The number of nitrogens with zero attached hydrogens (tertiary/aromatic N) is 2. The lowest BCUT2D eigenvalue weighted by Gasteiger charge is -2.25. The molecule has 0 bridgehead atoms. The molecule has 2 fully saturated rings. The lowest BCUT2D eigenvalue weighted by molar-refractivity contribution is 0.285. The van der Waals surface area contributed by atoms with Crippen LogP contribution >= 0.6 is 0 Å². The van der Waals surface area contributed by atoms with Crippen molar-refractivity contribution in [2.45, 2.75) is 50.7 Å².